The van der Waals surface area contributed by atoms with Crippen molar-refractivity contribution in [2.45, 2.75) is 6.54 Å². The van der Waals surface area contributed by atoms with E-state index in [1.165, 1.54) is 9.20 Å². The van der Waals surface area contributed by atoms with Crippen molar-refractivity contribution in [2.75, 3.05) is 32.8 Å². The van der Waals surface area contributed by atoms with Gasteiger partial charge in [-0.1, -0.05) is 47.5 Å². The lowest BCUT2D eigenvalue weighted by molar-refractivity contribution is 0.0358. The smallest absolute Gasteiger partial charge is 0.367 e. The summed E-state index contributed by atoms with van der Waals surface area (Å²) in [4.78, 5) is 15.3. The Morgan fingerprint density at radius 2 is 1.50 bits per heavy atom. The maximum absolute atomic E-state index is 13.1. The number of rotatable bonds is 5. The van der Waals surface area contributed by atoms with Gasteiger partial charge >= 0.3 is 5.69 Å². The molecule has 1 saturated heterocycles. The summed E-state index contributed by atoms with van der Waals surface area (Å²) < 4.78 is 8.25. The van der Waals surface area contributed by atoms with E-state index in [1.807, 2.05) is 48.5 Å². The van der Waals surface area contributed by atoms with Gasteiger partial charge in [-0.2, -0.15) is 9.61 Å². The normalized spacial score (nSPS) is 14.8. The number of fused-ring (bicyclic) bond motifs is 1. The Morgan fingerprint density at radius 3 is 2.16 bits per heavy atom. The molecule has 9 heteroatoms. The number of aromatic nitrogens is 4. The molecule has 0 aliphatic carbocycles. The first kappa shape index (κ1) is 21.2. The first-order valence-electron chi connectivity index (χ1n) is 10.4. The summed E-state index contributed by atoms with van der Waals surface area (Å²) in [6.07, 6.45) is 1.70. The van der Waals surface area contributed by atoms with E-state index in [0.29, 0.717) is 35.5 Å². The molecule has 32 heavy (non-hydrogen) atoms. The van der Waals surface area contributed by atoms with E-state index < -0.39 is 0 Å². The molecule has 0 N–H and O–H groups in total. The Balaban J connectivity index is 1.62. The van der Waals surface area contributed by atoms with Crippen LogP contribution in [0.2, 0.25) is 10.0 Å². The van der Waals surface area contributed by atoms with Crippen molar-refractivity contribution in [1.29, 1.82) is 0 Å². The largest absolute Gasteiger partial charge is 0.379 e. The zero-order valence-corrected chi connectivity index (χ0v) is 18.8. The molecule has 0 saturated carbocycles. The van der Waals surface area contributed by atoms with Crippen LogP contribution >= 0.6 is 23.2 Å². The van der Waals surface area contributed by atoms with Crippen LogP contribution in [0.4, 0.5) is 0 Å². The Kier molecular flexibility index (Phi) is 5.97. The number of hydrogen-bond acceptors (Lipinski definition) is 5. The summed E-state index contributed by atoms with van der Waals surface area (Å²) in [5, 5.41) is 10.4. The average Bonchev–Trinajstić information content (AvgIpc) is 3.14. The van der Waals surface area contributed by atoms with E-state index in [1.54, 1.807) is 6.20 Å². The minimum Gasteiger partial charge on any atom is -0.379 e. The fourth-order valence-corrected chi connectivity index (χ4v) is 4.17. The summed E-state index contributed by atoms with van der Waals surface area (Å²) in [7, 11) is 0. The van der Waals surface area contributed by atoms with Gasteiger partial charge in [0.05, 0.1) is 26.0 Å². The highest BCUT2D eigenvalue weighted by Crippen LogP contribution is 2.34. The highest BCUT2D eigenvalue weighted by molar-refractivity contribution is 6.31. The van der Waals surface area contributed by atoms with Crippen molar-refractivity contribution >= 4 is 28.8 Å². The Labute approximate surface area is 194 Å². The predicted octanol–water partition coefficient (Wildman–Crippen LogP) is 3.86. The van der Waals surface area contributed by atoms with Gasteiger partial charge in [0, 0.05) is 40.8 Å². The summed E-state index contributed by atoms with van der Waals surface area (Å²) in [6, 6.07) is 15.0. The maximum atomic E-state index is 13.1. The third-order valence-corrected chi connectivity index (χ3v) is 6.14. The number of nitrogens with zero attached hydrogens (tertiary/aromatic N) is 5. The highest BCUT2D eigenvalue weighted by atomic mass is 35.5. The SMILES string of the molecule is O=c1n(CCN2CCOCC2)nc2c(-c3ccc(Cl)cc3)c(-c3ccc(Cl)cc3)cnn12. The molecule has 1 fully saturated rings. The average molecular weight is 470 g/mol. The van der Waals surface area contributed by atoms with Gasteiger partial charge in [0.15, 0.2) is 5.65 Å². The van der Waals surface area contributed by atoms with Gasteiger partial charge in [-0.15, -0.1) is 5.10 Å². The lowest BCUT2D eigenvalue weighted by atomic mass is 9.97. The summed E-state index contributed by atoms with van der Waals surface area (Å²) >= 11 is 12.2. The van der Waals surface area contributed by atoms with E-state index in [-0.39, 0.29) is 5.69 Å². The molecule has 0 bridgehead atoms. The van der Waals surface area contributed by atoms with E-state index in [9.17, 15) is 4.79 Å². The topological polar surface area (TPSA) is 64.7 Å². The molecule has 0 unspecified atom stereocenters. The lowest BCUT2D eigenvalue weighted by Crippen LogP contribution is -2.39. The summed E-state index contributed by atoms with van der Waals surface area (Å²) in [6.45, 7) is 4.36. The van der Waals surface area contributed by atoms with Crippen molar-refractivity contribution < 1.29 is 4.74 Å². The molecule has 0 radical (unpaired) electrons. The lowest BCUT2D eigenvalue weighted by Gasteiger charge is -2.26. The minimum atomic E-state index is -0.258. The fourth-order valence-electron chi connectivity index (χ4n) is 3.92. The Hall–Kier alpha value is -2.71. The second-order valence-electron chi connectivity index (χ2n) is 7.64. The van der Waals surface area contributed by atoms with Crippen LogP contribution in [0.25, 0.3) is 27.9 Å². The quantitative estimate of drug-likeness (QED) is 0.443. The molecule has 0 spiro atoms. The van der Waals surface area contributed by atoms with Gasteiger partial charge < -0.3 is 4.74 Å². The molecule has 4 aromatic rings. The van der Waals surface area contributed by atoms with Crippen molar-refractivity contribution in [3.05, 3.63) is 75.3 Å². The van der Waals surface area contributed by atoms with Gasteiger partial charge in [-0.25, -0.2) is 9.48 Å². The van der Waals surface area contributed by atoms with Gasteiger partial charge in [0.1, 0.15) is 0 Å². The van der Waals surface area contributed by atoms with Crippen molar-refractivity contribution in [1.82, 2.24) is 24.3 Å². The summed E-state index contributed by atoms with van der Waals surface area (Å²) in [5.74, 6) is 0. The number of morpholine rings is 1. The molecule has 2 aromatic heterocycles. The van der Waals surface area contributed by atoms with Gasteiger partial charge in [-0.3, -0.25) is 4.90 Å². The van der Waals surface area contributed by atoms with Crippen LogP contribution in [0.15, 0.2) is 59.5 Å². The highest BCUT2D eigenvalue weighted by Gasteiger charge is 2.19. The number of benzene rings is 2. The second-order valence-corrected chi connectivity index (χ2v) is 8.52. The molecule has 164 valence electrons. The molecular weight excluding hydrogens is 449 g/mol. The number of hydrogen-bond donors (Lipinski definition) is 0. The van der Waals surface area contributed by atoms with Crippen molar-refractivity contribution in [3.63, 3.8) is 0 Å². The van der Waals surface area contributed by atoms with Gasteiger partial charge in [-0.05, 0) is 35.4 Å². The van der Waals surface area contributed by atoms with Crippen LogP contribution in [0.3, 0.4) is 0 Å². The maximum Gasteiger partial charge on any atom is 0.367 e. The Bertz CT molecular complexity index is 1290. The minimum absolute atomic E-state index is 0.258. The Morgan fingerprint density at radius 1 is 0.875 bits per heavy atom. The first-order chi connectivity index (χ1) is 15.6. The van der Waals surface area contributed by atoms with Crippen LogP contribution in [0.1, 0.15) is 0 Å². The van der Waals surface area contributed by atoms with Crippen molar-refractivity contribution in [3.8, 4) is 22.3 Å². The molecule has 1 aliphatic rings. The van der Waals surface area contributed by atoms with E-state index in [4.69, 9.17) is 27.9 Å². The number of halogens is 2. The van der Waals surface area contributed by atoms with Gasteiger partial charge in [0.2, 0.25) is 0 Å². The predicted molar refractivity (Wildman–Crippen MR) is 125 cm³/mol. The second kappa shape index (κ2) is 9.03. The van der Waals surface area contributed by atoms with Crippen LogP contribution in [-0.2, 0) is 11.3 Å². The third-order valence-electron chi connectivity index (χ3n) is 5.63. The molecule has 1 aliphatic heterocycles. The molecule has 0 amide bonds. The van der Waals surface area contributed by atoms with Crippen LogP contribution in [-0.4, -0.2) is 57.1 Å². The van der Waals surface area contributed by atoms with E-state index >= 15 is 0 Å². The monoisotopic (exact) mass is 469 g/mol. The standard InChI is InChI=1S/C23H21Cl2N5O2/c24-18-5-1-16(2-6-18)20-15-26-30-22(21(20)17-3-7-19(25)8-4-17)27-29(23(30)31)10-9-28-11-13-32-14-12-28/h1-8,15H,9-14H2. The zero-order chi connectivity index (χ0) is 22.1. The fraction of sp³-hybridized carbons (Fsp3) is 0.261. The molecule has 2 aromatic carbocycles. The van der Waals surface area contributed by atoms with Crippen LogP contribution in [0, 0.1) is 0 Å². The van der Waals surface area contributed by atoms with E-state index in [2.05, 4.69) is 15.1 Å². The van der Waals surface area contributed by atoms with Gasteiger partial charge in [0.25, 0.3) is 0 Å². The van der Waals surface area contributed by atoms with Crippen molar-refractivity contribution in [2.24, 2.45) is 0 Å². The molecule has 0 atom stereocenters. The van der Waals surface area contributed by atoms with E-state index in [0.717, 1.165) is 41.9 Å². The van der Waals surface area contributed by atoms with Crippen LogP contribution < -0.4 is 5.69 Å². The molecular formula is C23H21Cl2N5O2. The zero-order valence-electron chi connectivity index (χ0n) is 17.2. The number of ether oxygens (including phenoxy) is 1. The summed E-state index contributed by atoms with van der Waals surface area (Å²) in [5.41, 5.74) is 3.77. The first-order valence-corrected chi connectivity index (χ1v) is 11.2. The molecule has 3 heterocycles. The van der Waals surface area contributed by atoms with Crippen LogP contribution in [0.5, 0.6) is 0 Å². The molecule has 7 nitrogen and oxygen atoms in total. The third kappa shape index (κ3) is 4.17. The molecule has 5 rings (SSSR count).